The van der Waals surface area contributed by atoms with E-state index in [4.69, 9.17) is 9.84 Å². The lowest BCUT2D eigenvalue weighted by Crippen LogP contribution is -2.44. The number of likely N-dealkylation sites (tertiary alicyclic amines) is 1. The van der Waals surface area contributed by atoms with Crippen LogP contribution in [-0.2, 0) is 19.8 Å². The summed E-state index contributed by atoms with van der Waals surface area (Å²) in [6.45, 7) is 3.83. The second-order valence-corrected chi connectivity index (χ2v) is 8.31. The zero-order chi connectivity index (χ0) is 22.5. The van der Waals surface area contributed by atoms with Crippen molar-refractivity contribution >= 4 is 17.7 Å². The normalized spacial score (nSPS) is 20.0. The molecule has 1 aliphatic rings. The second-order valence-electron chi connectivity index (χ2n) is 8.31. The highest BCUT2D eigenvalue weighted by Gasteiger charge is 2.53. The number of nitrogens with zero attached hydrogens (tertiary/aromatic N) is 2. The van der Waals surface area contributed by atoms with Crippen LogP contribution in [0.15, 0.2) is 24.3 Å². The fraction of sp³-hybridized carbons (Fsp3) is 0.591. The summed E-state index contributed by atoms with van der Waals surface area (Å²) in [5.74, 6) is -0.110. The maximum Gasteiger partial charge on any atom is 0.240 e. The molecule has 2 rings (SSSR count). The standard InChI is InChI=1S/C22H32N2O6/c1-15(2)9-10-24-20(28)12-22(21(24)29,16-5-7-18(30-4)8-6-16)11-19(27)23(3)13-17(26)14-25/h5-8,15,17,25-26H,9-14H2,1-4H3. The first-order chi connectivity index (χ1) is 14.1. The molecular weight excluding hydrogens is 388 g/mol. The first-order valence-electron chi connectivity index (χ1n) is 10.2. The average molecular weight is 421 g/mol. The molecule has 0 spiro atoms. The number of benzene rings is 1. The summed E-state index contributed by atoms with van der Waals surface area (Å²) in [6, 6.07) is 6.84. The minimum atomic E-state index is -1.30. The highest BCUT2D eigenvalue weighted by molar-refractivity contribution is 6.10. The quantitative estimate of drug-likeness (QED) is 0.546. The minimum absolute atomic E-state index is 0.0623. The van der Waals surface area contributed by atoms with Gasteiger partial charge in [0.25, 0.3) is 0 Å². The molecule has 0 aromatic heterocycles. The first kappa shape index (κ1) is 23.8. The molecule has 3 amide bonds. The third-order valence-corrected chi connectivity index (χ3v) is 5.56. The van der Waals surface area contributed by atoms with E-state index in [1.807, 2.05) is 13.8 Å². The number of ether oxygens (including phenoxy) is 1. The fourth-order valence-electron chi connectivity index (χ4n) is 3.66. The maximum absolute atomic E-state index is 13.5. The van der Waals surface area contributed by atoms with Crippen LogP contribution in [0.25, 0.3) is 0 Å². The number of hydrogen-bond acceptors (Lipinski definition) is 6. The Hall–Kier alpha value is -2.45. The van der Waals surface area contributed by atoms with Crippen LogP contribution in [0.3, 0.4) is 0 Å². The number of carbonyl (C=O) groups excluding carboxylic acids is 3. The van der Waals surface area contributed by atoms with Crippen LogP contribution in [0.4, 0.5) is 0 Å². The Balaban J connectivity index is 2.37. The van der Waals surface area contributed by atoms with Crippen LogP contribution in [0.2, 0.25) is 0 Å². The fourth-order valence-corrected chi connectivity index (χ4v) is 3.66. The van der Waals surface area contributed by atoms with Gasteiger partial charge in [-0.3, -0.25) is 19.3 Å². The van der Waals surface area contributed by atoms with Gasteiger partial charge in [0, 0.05) is 33.0 Å². The van der Waals surface area contributed by atoms with Crippen molar-refractivity contribution in [2.45, 2.75) is 44.6 Å². The van der Waals surface area contributed by atoms with Crippen LogP contribution in [-0.4, -0.2) is 77.7 Å². The molecule has 1 aromatic rings. The third kappa shape index (κ3) is 5.17. The van der Waals surface area contributed by atoms with Crippen molar-refractivity contribution in [2.24, 2.45) is 5.92 Å². The van der Waals surface area contributed by atoms with Gasteiger partial charge in [-0.25, -0.2) is 0 Å². The third-order valence-electron chi connectivity index (χ3n) is 5.56. The van der Waals surface area contributed by atoms with E-state index in [1.165, 1.54) is 24.0 Å². The smallest absolute Gasteiger partial charge is 0.240 e. The van der Waals surface area contributed by atoms with Gasteiger partial charge < -0.3 is 19.8 Å². The van der Waals surface area contributed by atoms with Crippen LogP contribution in [0.5, 0.6) is 5.75 Å². The van der Waals surface area contributed by atoms with E-state index in [2.05, 4.69) is 0 Å². The van der Waals surface area contributed by atoms with Crippen LogP contribution in [0.1, 0.15) is 38.7 Å². The number of aliphatic hydroxyl groups is 2. The van der Waals surface area contributed by atoms with Gasteiger partial charge in [0.1, 0.15) is 5.75 Å². The summed E-state index contributed by atoms with van der Waals surface area (Å²) in [7, 11) is 3.04. The highest BCUT2D eigenvalue weighted by atomic mass is 16.5. The molecule has 0 radical (unpaired) electrons. The predicted molar refractivity (Wildman–Crippen MR) is 111 cm³/mol. The molecule has 2 unspecified atom stereocenters. The Bertz CT molecular complexity index is 763. The topological polar surface area (TPSA) is 107 Å². The van der Waals surface area contributed by atoms with E-state index in [0.29, 0.717) is 30.2 Å². The largest absolute Gasteiger partial charge is 0.497 e. The van der Waals surface area contributed by atoms with Crippen LogP contribution < -0.4 is 4.74 Å². The van der Waals surface area contributed by atoms with E-state index < -0.39 is 18.1 Å². The van der Waals surface area contributed by atoms with Gasteiger partial charge in [-0.1, -0.05) is 26.0 Å². The Labute approximate surface area is 177 Å². The summed E-state index contributed by atoms with van der Waals surface area (Å²) in [5, 5.41) is 18.7. The van der Waals surface area contributed by atoms with E-state index in [0.717, 1.165) is 0 Å². The van der Waals surface area contributed by atoms with Gasteiger partial charge >= 0.3 is 0 Å². The lowest BCUT2D eigenvalue weighted by Gasteiger charge is -2.30. The zero-order valence-electron chi connectivity index (χ0n) is 18.1. The molecule has 0 bridgehead atoms. The lowest BCUT2D eigenvalue weighted by atomic mass is 9.75. The molecule has 1 fully saturated rings. The first-order valence-corrected chi connectivity index (χ1v) is 10.2. The molecule has 1 heterocycles. The summed E-state index contributed by atoms with van der Waals surface area (Å²) in [4.78, 5) is 41.7. The highest BCUT2D eigenvalue weighted by Crippen LogP contribution is 2.41. The molecule has 166 valence electrons. The van der Waals surface area contributed by atoms with Crippen LogP contribution in [0, 0.1) is 5.92 Å². The van der Waals surface area contributed by atoms with Crippen molar-refractivity contribution in [3.63, 3.8) is 0 Å². The molecule has 1 aromatic carbocycles. The molecule has 30 heavy (non-hydrogen) atoms. The number of aliphatic hydroxyl groups excluding tert-OH is 2. The molecule has 8 nitrogen and oxygen atoms in total. The second kappa shape index (κ2) is 10.0. The number of amides is 3. The number of rotatable bonds is 10. The lowest BCUT2D eigenvalue weighted by molar-refractivity contribution is -0.142. The van der Waals surface area contributed by atoms with Crippen molar-refractivity contribution in [3.8, 4) is 5.75 Å². The number of likely N-dealkylation sites (N-methyl/N-ethyl adjacent to an activating group) is 1. The summed E-state index contributed by atoms with van der Waals surface area (Å²) in [6.07, 6.45) is -0.665. The van der Waals surface area contributed by atoms with Crippen molar-refractivity contribution in [3.05, 3.63) is 29.8 Å². The summed E-state index contributed by atoms with van der Waals surface area (Å²) < 4.78 is 5.19. The van der Waals surface area contributed by atoms with E-state index >= 15 is 0 Å². The predicted octanol–water partition coefficient (Wildman–Crippen LogP) is 0.940. The maximum atomic E-state index is 13.5. The molecular formula is C22H32N2O6. The number of hydrogen-bond donors (Lipinski definition) is 2. The van der Waals surface area contributed by atoms with Crippen molar-refractivity contribution in [1.82, 2.24) is 9.80 Å². The molecule has 2 N–H and O–H groups in total. The van der Waals surface area contributed by atoms with Crippen molar-refractivity contribution in [2.75, 3.05) is 33.9 Å². The zero-order valence-corrected chi connectivity index (χ0v) is 18.1. The molecule has 1 saturated heterocycles. The van der Waals surface area contributed by atoms with E-state index in [9.17, 15) is 19.5 Å². The van der Waals surface area contributed by atoms with Gasteiger partial charge in [0.15, 0.2) is 0 Å². The number of imide groups is 1. The van der Waals surface area contributed by atoms with Gasteiger partial charge in [-0.15, -0.1) is 0 Å². The summed E-state index contributed by atoms with van der Waals surface area (Å²) in [5.41, 5.74) is -0.714. The Morgan fingerprint density at radius 3 is 2.43 bits per heavy atom. The van der Waals surface area contributed by atoms with Crippen LogP contribution >= 0.6 is 0 Å². The molecule has 0 aliphatic carbocycles. The molecule has 1 aliphatic heterocycles. The molecule has 2 atom stereocenters. The molecule has 0 saturated carbocycles. The minimum Gasteiger partial charge on any atom is -0.497 e. The van der Waals surface area contributed by atoms with E-state index in [1.54, 1.807) is 24.3 Å². The average Bonchev–Trinajstić information content (AvgIpc) is 2.96. The van der Waals surface area contributed by atoms with E-state index in [-0.39, 0.29) is 37.1 Å². The monoisotopic (exact) mass is 420 g/mol. The van der Waals surface area contributed by atoms with Gasteiger partial charge in [0.2, 0.25) is 17.7 Å². The van der Waals surface area contributed by atoms with Crippen molar-refractivity contribution in [1.29, 1.82) is 0 Å². The van der Waals surface area contributed by atoms with Gasteiger partial charge in [-0.2, -0.15) is 0 Å². The Morgan fingerprint density at radius 1 is 1.27 bits per heavy atom. The molecule has 8 heteroatoms. The van der Waals surface area contributed by atoms with Gasteiger partial charge in [-0.05, 0) is 30.0 Å². The van der Waals surface area contributed by atoms with Gasteiger partial charge in [0.05, 0.1) is 25.2 Å². The number of carbonyl (C=O) groups is 3. The summed E-state index contributed by atoms with van der Waals surface area (Å²) >= 11 is 0. The van der Waals surface area contributed by atoms with Crippen molar-refractivity contribution < 1.29 is 29.3 Å². The Morgan fingerprint density at radius 2 is 1.90 bits per heavy atom. The Kier molecular flexibility index (Phi) is 7.97. The SMILES string of the molecule is COc1ccc(C2(CC(=O)N(C)CC(O)CO)CC(=O)N(CCC(C)C)C2=O)cc1. The number of methoxy groups -OCH3 is 1.